The summed E-state index contributed by atoms with van der Waals surface area (Å²) in [6, 6.07) is 15.6. The molecule has 0 spiro atoms. The molecule has 0 saturated carbocycles. The Morgan fingerprint density at radius 3 is 2.12 bits per heavy atom. The lowest BCUT2D eigenvalue weighted by molar-refractivity contribution is -0.113. The van der Waals surface area contributed by atoms with Gasteiger partial charge < -0.3 is 16.0 Å². The largest absolute Gasteiger partial charge is 0.351 e. The Hall–Kier alpha value is -2.66. The highest BCUT2D eigenvalue weighted by molar-refractivity contribution is 7.80. The molecule has 0 radical (unpaired) electrons. The number of hydrogen-bond donors (Lipinski definition) is 3. The van der Waals surface area contributed by atoms with E-state index in [9.17, 15) is 4.79 Å². The van der Waals surface area contributed by atoms with Crippen molar-refractivity contribution < 1.29 is 4.79 Å². The standard InChI is InChI=1S/C20H21N3OS/c1-12-4-8-15(9-5-12)18-17(14(3)21-20(25)23-18)19(24)22-16-10-6-13(2)7-11-16/h4-11,18H,1-3H3,(H,22,24)(H2,21,23,25)/t18-/m1/s1. The summed E-state index contributed by atoms with van der Waals surface area (Å²) in [6.45, 7) is 5.93. The molecule has 1 atom stereocenters. The number of amides is 1. The number of anilines is 1. The van der Waals surface area contributed by atoms with Gasteiger partial charge in [-0.25, -0.2) is 0 Å². The van der Waals surface area contributed by atoms with Crippen LogP contribution < -0.4 is 16.0 Å². The fourth-order valence-corrected chi connectivity index (χ4v) is 3.11. The van der Waals surface area contributed by atoms with Crippen LogP contribution in [0, 0.1) is 13.8 Å². The van der Waals surface area contributed by atoms with Crippen LogP contribution in [0.1, 0.15) is 29.7 Å². The molecule has 1 amide bonds. The van der Waals surface area contributed by atoms with Gasteiger partial charge >= 0.3 is 0 Å². The van der Waals surface area contributed by atoms with Crippen LogP contribution in [0.5, 0.6) is 0 Å². The van der Waals surface area contributed by atoms with Gasteiger partial charge in [-0.15, -0.1) is 0 Å². The van der Waals surface area contributed by atoms with Gasteiger partial charge in [0.05, 0.1) is 11.6 Å². The zero-order valence-electron chi connectivity index (χ0n) is 14.5. The van der Waals surface area contributed by atoms with E-state index in [-0.39, 0.29) is 11.9 Å². The van der Waals surface area contributed by atoms with E-state index in [1.807, 2.05) is 69.3 Å². The predicted molar refractivity (Wildman–Crippen MR) is 105 cm³/mol. The highest BCUT2D eigenvalue weighted by atomic mass is 32.1. The van der Waals surface area contributed by atoms with Crippen LogP contribution in [0.15, 0.2) is 59.8 Å². The fraction of sp³-hybridized carbons (Fsp3) is 0.200. The number of carbonyl (C=O) groups excluding carboxylic acids is 1. The van der Waals surface area contributed by atoms with E-state index in [1.54, 1.807) is 0 Å². The smallest absolute Gasteiger partial charge is 0.255 e. The first-order valence-corrected chi connectivity index (χ1v) is 8.58. The lowest BCUT2D eigenvalue weighted by Gasteiger charge is -2.30. The molecule has 3 rings (SSSR count). The molecule has 2 aromatic rings. The molecule has 25 heavy (non-hydrogen) atoms. The van der Waals surface area contributed by atoms with Crippen LogP contribution in [0.3, 0.4) is 0 Å². The third-order valence-corrected chi connectivity index (χ3v) is 4.45. The van der Waals surface area contributed by atoms with Gasteiger partial charge in [0, 0.05) is 11.4 Å². The van der Waals surface area contributed by atoms with Crippen molar-refractivity contribution in [2.75, 3.05) is 5.32 Å². The van der Waals surface area contributed by atoms with Gasteiger partial charge in [0.25, 0.3) is 5.91 Å². The first kappa shape index (κ1) is 17.2. The number of rotatable bonds is 3. The first-order valence-electron chi connectivity index (χ1n) is 8.17. The molecule has 4 nitrogen and oxygen atoms in total. The van der Waals surface area contributed by atoms with E-state index in [2.05, 4.69) is 16.0 Å². The zero-order chi connectivity index (χ0) is 18.0. The van der Waals surface area contributed by atoms with E-state index in [0.29, 0.717) is 10.7 Å². The summed E-state index contributed by atoms with van der Waals surface area (Å²) >= 11 is 5.28. The maximum Gasteiger partial charge on any atom is 0.255 e. The summed E-state index contributed by atoms with van der Waals surface area (Å²) in [7, 11) is 0. The Kier molecular flexibility index (Phi) is 4.86. The molecule has 0 bridgehead atoms. The summed E-state index contributed by atoms with van der Waals surface area (Å²) in [5.74, 6) is -0.144. The van der Waals surface area contributed by atoms with Gasteiger partial charge in [0.15, 0.2) is 5.11 Å². The van der Waals surface area contributed by atoms with Gasteiger partial charge in [-0.05, 0) is 50.7 Å². The van der Waals surface area contributed by atoms with Crippen molar-refractivity contribution in [1.29, 1.82) is 0 Å². The number of hydrogen-bond acceptors (Lipinski definition) is 2. The predicted octanol–water partition coefficient (Wildman–Crippen LogP) is 3.73. The molecule has 1 aliphatic heterocycles. The van der Waals surface area contributed by atoms with E-state index in [1.165, 1.54) is 5.56 Å². The summed E-state index contributed by atoms with van der Waals surface area (Å²) < 4.78 is 0. The maximum absolute atomic E-state index is 12.9. The zero-order valence-corrected chi connectivity index (χ0v) is 15.3. The van der Waals surface area contributed by atoms with Crippen molar-refractivity contribution in [3.63, 3.8) is 0 Å². The SMILES string of the molecule is CC1=C(C(=O)Nc2ccc(C)cc2)[C@@H](c2ccc(C)cc2)NC(=S)N1. The lowest BCUT2D eigenvalue weighted by Crippen LogP contribution is -2.45. The van der Waals surface area contributed by atoms with Crippen LogP contribution >= 0.6 is 12.2 Å². The van der Waals surface area contributed by atoms with Crippen LogP contribution in [0.25, 0.3) is 0 Å². The summed E-state index contributed by atoms with van der Waals surface area (Å²) in [5, 5.41) is 9.76. The summed E-state index contributed by atoms with van der Waals surface area (Å²) in [5.41, 5.74) is 5.50. The van der Waals surface area contributed by atoms with Crippen molar-refractivity contribution in [3.8, 4) is 0 Å². The molecule has 0 aliphatic carbocycles. The Labute approximate surface area is 153 Å². The Morgan fingerprint density at radius 1 is 0.960 bits per heavy atom. The second kappa shape index (κ2) is 7.07. The Balaban J connectivity index is 1.92. The third-order valence-electron chi connectivity index (χ3n) is 4.23. The molecule has 0 aromatic heterocycles. The topological polar surface area (TPSA) is 53.2 Å². The van der Waals surface area contributed by atoms with Gasteiger partial charge in [-0.2, -0.15) is 0 Å². The molecule has 2 aromatic carbocycles. The van der Waals surface area contributed by atoms with E-state index >= 15 is 0 Å². The van der Waals surface area contributed by atoms with Crippen LogP contribution in [-0.4, -0.2) is 11.0 Å². The molecule has 1 aliphatic rings. The van der Waals surface area contributed by atoms with Gasteiger partial charge in [0.1, 0.15) is 0 Å². The second-order valence-electron chi connectivity index (χ2n) is 6.30. The third kappa shape index (κ3) is 3.88. The highest BCUT2D eigenvalue weighted by Gasteiger charge is 2.29. The molecule has 1 heterocycles. The minimum absolute atomic E-state index is 0.144. The molecule has 0 fully saturated rings. The van der Waals surface area contributed by atoms with Crippen molar-refractivity contribution >= 4 is 28.9 Å². The number of allylic oxidation sites excluding steroid dienone is 1. The molecule has 3 N–H and O–H groups in total. The molecule has 0 saturated heterocycles. The minimum Gasteiger partial charge on any atom is -0.351 e. The molecule has 0 unspecified atom stereocenters. The number of carbonyl (C=O) groups is 1. The van der Waals surface area contributed by atoms with Crippen molar-refractivity contribution in [2.45, 2.75) is 26.8 Å². The average Bonchev–Trinajstić information content (AvgIpc) is 2.57. The maximum atomic E-state index is 12.9. The normalized spacial score (nSPS) is 16.9. The highest BCUT2D eigenvalue weighted by Crippen LogP contribution is 2.28. The number of benzene rings is 2. The van der Waals surface area contributed by atoms with Crippen molar-refractivity contribution in [1.82, 2.24) is 10.6 Å². The first-order chi connectivity index (χ1) is 11.9. The summed E-state index contributed by atoms with van der Waals surface area (Å²) in [4.78, 5) is 12.9. The molecular weight excluding hydrogens is 330 g/mol. The lowest BCUT2D eigenvalue weighted by atomic mass is 9.94. The average molecular weight is 351 g/mol. The number of aryl methyl sites for hydroxylation is 2. The van der Waals surface area contributed by atoms with Gasteiger partial charge in [-0.1, -0.05) is 47.5 Å². The fourth-order valence-electron chi connectivity index (χ4n) is 2.84. The van der Waals surface area contributed by atoms with Crippen LogP contribution in [-0.2, 0) is 4.79 Å². The van der Waals surface area contributed by atoms with E-state index < -0.39 is 0 Å². The van der Waals surface area contributed by atoms with E-state index in [0.717, 1.165) is 22.5 Å². The Morgan fingerprint density at radius 2 is 1.52 bits per heavy atom. The van der Waals surface area contributed by atoms with Crippen molar-refractivity contribution in [3.05, 3.63) is 76.5 Å². The van der Waals surface area contributed by atoms with Crippen LogP contribution in [0.4, 0.5) is 5.69 Å². The van der Waals surface area contributed by atoms with Gasteiger partial charge in [0.2, 0.25) is 0 Å². The summed E-state index contributed by atoms with van der Waals surface area (Å²) in [6.07, 6.45) is 0. The molecular formula is C20H21N3OS. The minimum atomic E-state index is -0.278. The molecule has 128 valence electrons. The van der Waals surface area contributed by atoms with Gasteiger partial charge in [-0.3, -0.25) is 4.79 Å². The van der Waals surface area contributed by atoms with Crippen LogP contribution in [0.2, 0.25) is 0 Å². The second-order valence-corrected chi connectivity index (χ2v) is 6.71. The molecule has 5 heteroatoms. The quantitative estimate of drug-likeness (QED) is 0.738. The van der Waals surface area contributed by atoms with E-state index in [4.69, 9.17) is 12.2 Å². The number of thiocarbonyl (C=S) groups is 1. The van der Waals surface area contributed by atoms with Crippen molar-refractivity contribution in [2.24, 2.45) is 0 Å². The Bertz CT molecular complexity index is 838. The number of nitrogens with one attached hydrogen (secondary N) is 3. The monoisotopic (exact) mass is 351 g/mol.